The van der Waals surface area contributed by atoms with Gasteiger partial charge in [-0.3, -0.25) is 9.48 Å². The molecule has 2 aromatic carbocycles. The summed E-state index contributed by atoms with van der Waals surface area (Å²) in [6.07, 6.45) is -0.457. The number of nitrogens with zero attached hydrogens (tertiary/aromatic N) is 4. The Hall–Kier alpha value is -3.07. The predicted molar refractivity (Wildman–Crippen MR) is 107 cm³/mol. The Kier molecular flexibility index (Phi) is 4.91. The van der Waals surface area contributed by atoms with Crippen molar-refractivity contribution in [1.82, 2.24) is 20.2 Å². The van der Waals surface area contributed by atoms with Gasteiger partial charge in [0.15, 0.2) is 0 Å². The smallest absolute Gasteiger partial charge is 0.276 e. The molecule has 3 unspecified atom stereocenters. The van der Waals surface area contributed by atoms with E-state index in [4.69, 9.17) is 5.73 Å². The minimum Gasteiger partial charge on any atom is -0.313 e. The first-order chi connectivity index (χ1) is 13.6. The quantitative estimate of drug-likeness (QED) is 0.606. The molecule has 1 aliphatic heterocycles. The zero-order valence-electron chi connectivity index (χ0n) is 15.8. The van der Waals surface area contributed by atoms with E-state index in [9.17, 15) is 4.79 Å². The van der Waals surface area contributed by atoms with Gasteiger partial charge in [0.2, 0.25) is 0 Å². The molecule has 0 spiro atoms. The van der Waals surface area contributed by atoms with Gasteiger partial charge in [0.05, 0.1) is 29.1 Å². The number of hydrogen-bond acceptors (Lipinski definition) is 6. The maximum absolute atomic E-state index is 13.3. The average molecular weight is 377 g/mol. The minimum atomic E-state index is -0.457. The van der Waals surface area contributed by atoms with Crippen molar-refractivity contribution in [1.29, 1.82) is 0 Å². The molecule has 144 valence electrons. The Labute approximate surface area is 162 Å². The van der Waals surface area contributed by atoms with E-state index in [-0.39, 0.29) is 11.6 Å². The van der Waals surface area contributed by atoms with Gasteiger partial charge in [-0.1, -0.05) is 36.4 Å². The van der Waals surface area contributed by atoms with Gasteiger partial charge in [0.25, 0.3) is 5.56 Å². The molecule has 4 N–H and O–H groups in total. The van der Waals surface area contributed by atoms with Crippen LogP contribution in [-0.4, -0.2) is 21.6 Å². The molecule has 3 atom stereocenters. The maximum Gasteiger partial charge on any atom is 0.276 e. The van der Waals surface area contributed by atoms with E-state index in [0.29, 0.717) is 5.56 Å². The summed E-state index contributed by atoms with van der Waals surface area (Å²) < 4.78 is 3.51. The van der Waals surface area contributed by atoms with Crippen LogP contribution in [-0.2, 0) is 7.05 Å². The van der Waals surface area contributed by atoms with Crippen LogP contribution in [0.4, 0.5) is 5.69 Å². The number of hydrazine groups is 1. The summed E-state index contributed by atoms with van der Waals surface area (Å²) in [5.41, 5.74) is 15.2. The van der Waals surface area contributed by atoms with Crippen molar-refractivity contribution in [2.75, 3.05) is 0 Å². The molecule has 0 aliphatic carbocycles. The average Bonchev–Trinajstić information content (AvgIpc) is 3.18. The number of rotatable bonds is 4. The van der Waals surface area contributed by atoms with Crippen LogP contribution in [0.15, 0.2) is 75.7 Å². The second-order valence-electron chi connectivity index (χ2n) is 6.81. The molecule has 0 amide bonds. The van der Waals surface area contributed by atoms with Crippen molar-refractivity contribution in [2.24, 2.45) is 23.0 Å². The van der Waals surface area contributed by atoms with Crippen molar-refractivity contribution in [3.05, 3.63) is 82.3 Å². The van der Waals surface area contributed by atoms with E-state index in [1.807, 2.05) is 79.3 Å². The third kappa shape index (κ3) is 3.18. The van der Waals surface area contributed by atoms with E-state index in [1.165, 1.54) is 0 Å². The monoisotopic (exact) mass is 377 g/mol. The Balaban J connectivity index is 1.74. The number of para-hydroxylation sites is 1. The van der Waals surface area contributed by atoms with Gasteiger partial charge >= 0.3 is 0 Å². The number of benzene rings is 2. The topological polar surface area (TPSA) is 102 Å². The lowest BCUT2D eigenvalue weighted by Gasteiger charge is -2.14. The Morgan fingerprint density at radius 1 is 1.00 bits per heavy atom. The molecular formula is C20H23N7O. The molecule has 8 heteroatoms. The predicted octanol–water partition coefficient (Wildman–Crippen LogP) is 2.07. The van der Waals surface area contributed by atoms with Crippen LogP contribution in [0.2, 0.25) is 0 Å². The highest BCUT2D eigenvalue weighted by molar-refractivity contribution is 5.36. The number of azo groups is 1. The molecule has 1 fully saturated rings. The molecule has 2 heterocycles. The van der Waals surface area contributed by atoms with Crippen LogP contribution < -0.4 is 22.1 Å². The van der Waals surface area contributed by atoms with Gasteiger partial charge in [-0.2, -0.15) is 10.2 Å². The van der Waals surface area contributed by atoms with Crippen LogP contribution in [0.3, 0.4) is 0 Å². The molecule has 1 saturated heterocycles. The summed E-state index contributed by atoms with van der Waals surface area (Å²) in [7, 11) is 1.87. The van der Waals surface area contributed by atoms with Gasteiger partial charge in [0, 0.05) is 12.7 Å². The van der Waals surface area contributed by atoms with Crippen LogP contribution in [0.1, 0.15) is 17.3 Å². The molecule has 3 aromatic rings. The number of nitrogens with one attached hydrogen (secondary N) is 2. The van der Waals surface area contributed by atoms with E-state index >= 15 is 0 Å². The normalized spacial score (nSPS) is 22.2. The molecule has 0 bridgehead atoms. The highest BCUT2D eigenvalue weighted by Crippen LogP contribution is 2.26. The highest BCUT2D eigenvalue weighted by atomic mass is 16.1. The largest absolute Gasteiger partial charge is 0.313 e. The third-order valence-corrected chi connectivity index (χ3v) is 5.09. The van der Waals surface area contributed by atoms with Crippen molar-refractivity contribution in [3.63, 3.8) is 0 Å². The SMILES string of the molecule is Cc1c(C2NNC(N)C2N=Nc2ccccc2)c(=O)n(-c2ccccc2)n1C. The molecule has 1 aromatic heterocycles. The molecule has 0 radical (unpaired) electrons. The first-order valence-electron chi connectivity index (χ1n) is 9.14. The van der Waals surface area contributed by atoms with Gasteiger partial charge in [-0.25, -0.2) is 15.5 Å². The highest BCUT2D eigenvalue weighted by Gasteiger charge is 2.39. The summed E-state index contributed by atoms with van der Waals surface area (Å²) in [5.74, 6) is 0. The van der Waals surface area contributed by atoms with E-state index in [1.54, 1.807) is 4.68 Å². The van der Waals surface area contributed by atoms with Gasteiger partial charge in [0.1, 0.15) is 6.04 Å². The van der Waals surface area contributed by atoms with Crippen molar-refractivity contribution < 1.29 is 0 Å². The Morgan fingerprint density at radius 2 is 1.64 bits per heavy atom. The van der Waals surface area contributed by atoms with Crippen molar-refractivity contribution >= 4 is 5.69 Å². The number of hydrogen-bond donors (Lipinski definition) is 3. The van der Waals surface area contributed by atoms with Crippen LogP contribution in [0.25, 0.3) is 5.69 Å². The van der Waals surface area contributed by atoms with Gasteiger partial charge in [-0.15, -0.1) is 0 Å². The van der Waals surface area contributed by atoms with Gasteiger partial charge in [-0.05, 0) is 31.2 Å². The zero-order valence-corrected chi connectivity index (χ0v) is 15.8. The number of aromatic nitrogens is 2. The minimum absolute atomic E-state index is 0.0977. The maximum atomic E-state index is 13.3. The summed E-state index contributed by atoms with van der Waals surface area (Å²) in [4.78, 5) is 13.3. The van der Waals surface area contributed by atoms with E-state index < -0.39 is 12.2 Å². The summed E-state index contributed by atoms with van der Waals surface area (Å²) in [6.45, 7) is 1.92. The summed E-state index contributed by atoms with van der Waals surface area (Å²) >= 11 is 0. The van der Waals surface area contributed by atoms with Crippen LogP contribution in [0.5, 0.6) is 0 Å². The van der Waals surface area contributed by atoms with Crippen LogP contribution in [0, 0.1) is 6.92 Å². The molecule has 4 rings (SSSR count). The lowest BCUT2D eigenvalue weighted by atomic mass is 10.0. The zero-order chi connectivity index (χ0) is 19.7. The first-order valence-corrected chi connectivity index (χ1v) is 9.14. The molecule has 0 saturated carbocycles. The lowest BCUT2D eigenvalue weighted by Crippen LogP contribution is -2.40. The van der Waals surface area contributed by atoms with E-state index in [2.05, 4.69) is 21.1 Å². The summed E-state index contributed by atoms with van der Waals surface area (Å²) in [5, 5.41) is 8.75. The van der Waals surface area contributed by atoms with Gasteiger partial charge < -0.3 is 5.73 Å². The van der Waals surface area contributed by atoms with Crippen molar-refractivity contribution in [3.8, 4) is 5.69 Å². The van der Waals surface area contributed by atoms with Crippen LogP contribution >= 0.6 is 0 Å². The van der Waals surface area contributed by atoms with E-state index in [0.717, 1.165) is 17.1 Å². The third-order valence-electron chi connectivity index (χ3n) is 5.09. The molecule has 8 nitrogen and oxygen atoms in total. The Bertz CT molecular complexity index is 1040. The molecule has 28 heavy (non-hydrogen) atoms. The van der Waals surface area contributed by atoms with Crippen molar-refractivity contribution in [2.45, 2.75) is 25.2 Å². The number of nitrogens with two attached hydrogens (primary N) is 1. The molecular weight excluding hydrogens is 354 g/mol. The fourth-order valence-electron chi connectivity index (χ4n) is 3.52. The second kappa shape index (κ2) is 7.51. The summed E-state index contributed by atoms with van der Waals surface area (Å²) in [6, 6.07) is 18.2. The lowest BCUT2D eigenvalue weighted by molar-refractivity contribution is 0.520. The first kappa shape index (κ1) is 18.3. The second-order valence-corrected chi connectivity index (χ2v) is 6.81. The fraction of sp³-hybridized carbons (Fsp3) is 0.250. The Morgan fingerprint density at radius 3 is 2.32 bits per heavy atom. The molecule has 1 aliphatic rings. The fourth-order valence-corrected chi connectivity index (χ4v) is 3.52. The standard InChI is InChI=1S/C20H23N7O/c1-13-16(20(28)27(26(13)2)15-11-7-4-8-12-15)17-18(19(21)25-23-17)24-22-14-9-5-3-6-10-14/h3-12,17-19,23,25H,21H2,1-2H3.